The molecule has 0 saturated carbocycles. The molecule has 17 heavy (non-hydrogen) atoms. The van der Waals surface area contributed by atoms with Gasteiger partial charge in [0.25, 0.3) is 0 Å². The van der Waals surface area contributed by atoms with Crippen molar-refractivity contribution in [2.24, 2.45) is 0 Å². The third-order valence-electron chi connectivity index (χ3n) is 3.47. The van der Waals surface area contributed by atoms with Crippen molar-refractivity contribution in [1.82, 2.24) is 5.32 Å². The Morgan fingerprint density at radius 3 is 3.06 bits per heavy atom. The monoisotopic (exact) mass is 235 g/mol. The number of fused-ring (bicyclic) bond motifs is 1. The number of hydrogen-bond acceptors (Lipinski definition) is 3. The molecule has 94 valence electrons. The van der Waals surface area contributed by atoms with Crippen molar-refractivity contribution >= 4 is 0 Å². The van der Waals surface area contributed by atoms with Crippen LogP contribution in [0.5, 0.6) is 5.75 Å². The molecule has 3 nitrogen and oxygen atoms in total. The zero-order valence-electron chi connectivity index (χ0n) is 10.3. The van der Waals surface area contributed by atoms with Gasteiger partial charge in [-0.25, -0.2) is 0 Å². The summed E-state index contributed by atoms with van der Waals surface area (Å²) in [4.78, 5) is 0. The van der Waals surface area contributed by atoms with Crippen LogP contribution in [0, 0.1) is 0 Å². The van der Waals surface area contributed by atoms with E-state index in [1.54, 1.807) is 6.07 Å². The van der Waals surface area contributed by atoms with Gasteiger partial charge in [-0.2, -0.15) is 0 Å². The van der Waals surface area contributed by atoms with E-state index < -0.39 is 0 Å². The lowest BCUT2D eigenvalue weighted by Crippen LogP contribution is -2.29. The Labute approximate surface area is 102 Å². The van der Waals surface area contributed by atoms with Gasteiger partial charge in [0.05, 0.1) is 6.10 Å². The number of aromatic hydroxyl groups is 1. The van der Waals surface area contributed by atoms with Crippen molar-refractivity contribution in [2.75, 3.05) is 6.54 Å². The Hall–Kier alpha value is -1.06. The molecule has 0 bridgehead atoms. The molecule has 1 aromatic carbocycles. The summed E-state index contributed by atoms with van der Waals surface area (Å²) in [6.07, 6.45) is 3.51. The first-order valence-corrected chi connectivity index (χ1v) is 6.44. The van der Waals surface area contributed by atoms with Crippen LogP contribution in [-0.2, 0) is 6.42 Å². The molecule has 1 aliphatic carbocycles. The molecule has 2 atom stereocenters. The van der Waals surface area contributed by atoms with Crippen LogP contribution >= 0.6 is 0 Å². The summed E-state index contributed by atoms with van der Waals surface area (Å²) in [5, 5.41) is 22.8. The number of hydrogen-bond donors (Lipinski definition) is 3. The van der Waals surface area contributed by atoms with Crippen molar-refractivity contribution in [2.45, 2.75) is 44.8 Å². The summed E-state index contributed by atoms with van der Waals surface area (Å²) in [6, 6.07) is 5.97. The van der Waals surface area contributed by atoms with E-state index in [2.05, 4.69) is 18.3 Å². The fraction of sp³-hybridized carbons (Fsp3) is 0.571. The van der Waals surface area contributed by atoms with E-state index in [1.165, 1.54) is 5.56 Å². The summed E-state index contributed by atoms with van der Waals surface area (Å²) in [5.41, 5.74) is 2.25. The maximum atomic E-state index is 9.73. The Morgan fingerprint density at radius 2 is 2.29 bits per heavy atom. The molecule has 0 amide bonds. The van der Waals surface area contributed by atoms with Gasteiger partial charge in [-0.1, -0.05) is 25.5 Å². The molecule has 3 heteroatoms. The quantitative estimate of drug-likeness (QED) is 0.733. The SMILES string of the molecule is CCCC(O)CNC1CCc2c(O)cccc21. The van der Waals surface area contributed by atoms with Gasteiger partial charge in [-0.3, -0.25) is 0 Å². The van der Waals surface area contributed by atoms with Crippen LogP contribution in [0.15, 0.2) is 18.2 Å². The standard InChI is InChI=1S/C14H21NO2/c1-2-4-10(16)9-15-13-8-7-12-11(13)5-3-6-14(12)17/h3,5-6,10,13,15-17H,2,4,7-9H2,1H3. The van der Waals surface area contributed by atoms with E-state index in [1.807, 2.05) is 6.07 Å². The highest BCUT2D eigenvalue weighted by molar-refractivity contribution is 5.44. The smallest absolute Gasteiger partial charge is 0.119 e. The minimum Gasteiger partial charge on any atom is -0.508 e. The summed E-state index contributed by atoms with van der Waals surface area (Å²) >= 11 is 0. The van der Waals surface area contributed by atoms with Crippen molar-refractivity contribution in [3.8, 4) is 5.75 Å². The van der Waals surface area contributed by atoms with Gasteiger partial charge in [-0.15, -0.1) is 0 Å². The molecule has 0 radical (unpaired) electrons. The van der Waals surface area contributed by atoms with E-state index in [0.717, 1.165) is 31.2 Å². The highest BCUT2D eigenvalue weighted by Crippen LogP contribution is 2.36. The number of phenols is 1. The molecule has 3 N–H and O–H groups in total. The van der Waals surface area contributed by atoms with E-state index in [-0.39, 0.29) is 12.1 Å². The van der Waals surface area contributed by atoms with Gasteiger partial charge >= 0.3 is 0 Å². The Kier molecular flexibility index (Phi) is 4.02. The predicted molar refractivity (Wildman–Crippen MR) is 68.1 cm³/mol. The van der Waals surface area contributed by atoms with Crippen molar-refractivity contribution in [3.63, 3.8) is 0 Å². The Morgan fingerprint density at radius 1 is 1.47 bits per heavy atom. The van der Waals surface area contributed by atoms with Crippen LogP contribution in [0.2, 0.25) is 0 Å². The summed E-state index contributed by atoms with van der Waals surface area (Å²) in [7, 11) is 0. The fourth-order valence-corrected chi connectivity index (χ4v) is 2.56. The molecule has 0 spiro atoms. The van der Waals surface area contributed by atoms with Gasteiger partial charge in [-0.05, 0) is 36.5 Å². The lowest BCUT2D eigenvalue weighted by Gasteiger charge is -2.17. The third-order valence-corrected chi connectivity index (χ3v) is 3.47. The van der Waals surface area contributed by atoms with Crippen LogP contribution in [0.4, 0.5) is 0 Å². The zero-order chi connectivity index (χ0) is 12.3. The van der Waals surface area contributed by atoms with Crippen molar-refractivity contribution < 1.29 is 10.2 Å². The predicted octanol–water partition coefficient (Wildman–Crippen LogP) is 2.13. The van der Waals surface area contributed by atoms with Gasteiger partial charge in [0.2, 0.25) is 0 Å². The lowest BCUT2D eigenvalue weighted by atomic mass is 10.1. The summed E-state index contributed by atoms with van der Waals surface area (Å²) in [5.74, 6) is 0.404. The average Bonchev–Trinajstić information content (AvgIpc) is 2.72. The Bertz CT molecular complexity index is 378. The van der Waals surface area contributed by atoms with Gasteiger partial charge in [0.1, 0.15) is 5.75 Å². The average molecular weight is 235 g/mol. The maximum Gasteiger partial charge on any atom is 0.119 e. The molecule has 0 saturated heterocycles. The van der Waals surface area contributed by atoms with Crippen LogP contribution in [0.3, 0.4) is 0 Å². The van der Waals surface area contributed by atoms with E-state index in [4.69, 9.17) is 0 Å². The molecule has 1 aliphatic rings. The fourth-order valence-electron chi connectivity index (χ4n) is 2.56. The highest BCUT2D eigenvalue weighted by Gasteiger charge is 2.24. The lowest BCUT2D eigenvalue weighted by molar-refractivity contribution is 0.156. The zero-order valence-corrected chi connectivity index (χ0v) is 10.3. The second kappa shape index (κ2) is 5.52. The molecule has 2 rings (SSSR count). The molecule has 0 heterocycles. The second-order valence-electron chi connectivity index (χ2n) is 4.79. The first-order valence-electron chi connectivity index (χ1n) is 6.44. The second-order valence-corrected chi connectivity index (χ2v) is 4.79. The van der Waals surface area contributed by atoms with Crippen molar-refractivity contribution in [1.29, 1.82) is 0 Å². The molecule has 0 aromatic heterocycles. The van der Waals surface area contributed by atoms with Crippen LogP contribution in [0.25, 0.3) is 0 Å². The van der Waals surface area contributed by atoms with Gasteiger partial charge in [0, 0.05) is 12.6 Å². The molecule has 0 fully saturated rings. The highest BCUT2D eigenvalue weighted by atomic mass is 16.3. The molecule has 2 unspecified atom stereocenters. The minimum atomic E-state index is -0.263. The topological polar surface area (TPSA) is 52.5 Å². The first kappa shape index (κ1) is 12.4. The number of phenolic OH excluding ortho intramolecular Hbond substituents is 1. The third kappa shape index (κ3) is 2.79. The minimum absolute atomic E-state index is 0.263. The van der Waals surface area contributed by atoms with Crippen molar-refractivity contribution in [3.05, 3.63) is 29.3 Å². The number of benzene rings is 1. The van der Waals surface area contributed by atoms with E-state index in [0.29, 0.717) is 12.3 Å². The maximum absolute atomic E-state index is 9.73. The van der Waals surface area contributed by atoms with Crippen LogP contribution in [-0.4, -0.2) is 22.9 Å². The number of nitrogens with one attached hydrogen (secondary N) is 1. The number of aliphatic hydroxyl groups is 1. The molecule has 0 aliphatic heterocycles. The molecular weight excluding hydrogens is 214 g/mol. The van der Waals surface area contributed by atoms with Gasteiger partial charge < -0.3 is 15.5 Å². The number of rotatable bonds is 5. The normalized spacial score (nSPS) is 20.2. The number of aliphatic hydroxyl groups excluding tert-OH is 1. The van der Waals surface area contributed by atoms with Gasteiger partial charge in [0.15, 0.2) is 0 Å². The summed E-state index contributed by atoms with van der Waals surface area (Å²) in [6.45, 7) is 2.71. The largest absolute Gasteiger partial charge is 0.508 e. The van der Waals surface area contributed by atoms with E-state index >= 15 is 0 Å². The molecule has 1 aromatic rings. The Balaban J connectivity index is 1.96. The first-order chi connectivity index (χ1) is 8.22. The van der Waals surface area contributed by atoms with E-state index in [9.17, 15) is 10.2 Å². The van der Waals surface area contributed by atoms with Crippen LogP contribution < -0.4 is 5.32 Å². The molecular formula is C14H21NO2. The van der Waals surface area contributed by atoms with Crippen LogP contribution in [0.1, 0.15) is 43.4 Å². The summed E-state index contributed by atoms with van der Waals surface area (Å²) < 4.78 is 0.